The SMILES string of the molecule is CC(=O)OOc1ccc(S(=O)(=O)c2ccc(C[C@@H](C)NC[C@H](O)c3cccc(Cl)c3)cc2)cc1.[Na]. The van der Waals surface area contributed by atoms with Crippen molar-refractivity contribution in [3.63, 3.8) is 0 Å². The molecule has 0 bridgehead atoms. The maximum atomic E-state index is 12.9. The van der Waals surface area contributed by atoms with Crippen LogP contribution in [0.4, 0.5) is 0 Å². The van der Waals surface area contributed by atoms with E-state index in [0.717, 1.165) is 11.1 Å². The Morgan fingerprint density at radius 2 is 1.63 bits per heavy atom. The van der Waals surface area contributed by atoms with E-state index in [-0.39, 0.29) is 51.1 Å². The van der Waals surface area contributed by atoms with E-state index in [1.807, 2.05) is 13.0 Å². The Hall–Kier alpha value is -1.91. The van der Waals surface area contributed by atoms with E-state index in [1.54, 1.807) is 42.5 Å². The number of aliphatic hydroxyl groups is 1. The van der Waals surface area contributed by atoms with Gasteiger partial charge in [-0.15, -0.1) is 0 Å². The minimum absolute atomic E-state index is 0. The summed E-state index contributed by atoms with van der Waals surface area (Å²) in [5, 5.41) is 14.2. The molecule has 0 aliphatic carbocycles. The first-order valence-corrected chi connectivity index (χ1v) is 12.5. The molecule has 0 spiro atoms. The molecule has 0 heterocycles. The van der Waals surface area contributed by atoms with E-state index in [9.17, 15) is 18.3 Å². The number of aliphatic hydroxyl groups excluding tert-OH is 1. The van der Waals surface area contributed by atoms with Gasteiger partial charge in [-0.1, -0.05) is 35.9 Å². The molecule has 0 amide bonds. The Kier molecular flexibility index (Phi) is 11.2. The Labute approximate surface area is 232 Å². The van der Waals surface area contributed by atoms with Gasteiger partial charge in [-0.3, -0.25) is 9.78 Å². The summed E-state index contributed by atoms with van der Waals surface area (Å²) in [5.41, 5.74) is 1.70. The predicted octanol–water partition coefficient (Wildman–Crippen LogP) is 3.90. The Morgan fingerprint density at radius 3 is 2.20 bits per heavy atom. The van der Waals surface area contributed by atoms with Gasteiger partial charge in [-0.05, 0) is 73.0 Å². The number of nitrogens with one attached hydrogen (secondary N) is 1. The van der Waals surface area contributed by atoms with Gasteiger partial charge in [0.15, 0.2) is 5.75 Å². The number of hydrogen-bond acceptors (Lipinski definition) is 7. The van der Waals surface area contributed by atoms with Crippen molar-refractivity contribution in [2.24, 2.45) is 0 Å². The first-order chi connectivity index (χ1) is 16.1. The molecule has 2 N–H and O–H groups in total. The molecule has 0 saturated heterocycles. The fourth-order valence-electron chi connectivity index (χ4n) is 3.29. The van der Waals surface area contributed by atoms with Crippen LogP contribution < -0.4 is 10.2 Å². The summed E-state index contributed by atoms with van der Waals surface area (Å²) >= 11 is 5.98. The Bertz CT molecular complexity index is 1220. The number of rotatable bonds is 10. The molecule has 0 aromatic heterocycles. The van der Waals surface area contributed by atoms with Crippen molar-refractivity contribution in [1.82, 2.24) is 5.32 Å². The Morgan fingerprint density at radius 1 is 1.03 bits per heavy atom. The topological polar surface area (TPSA) is 102 Å². The summed E-state index contributed by atoms with van der Waals surface area (Å²) in [6.45, 7) is 3.56. The molecule has 10 heteroatoms. The molecule has 181 valence electrons. The van der Waals surface area contributed by atoms with Crippen LogP contribution >= 0.6 is 11.6 Å². The van der Waals surface area contributed by atoms with E-state index in [1.165, 1.54) is 31.2 Å². The molecule has 7 nitrogen and oxygen atoms in total. The van der Waals surface area contributed by atoms with Gasteiger partial charge in [0.05, 0.1) is 15.9 Å². The smallest absolute Gasteiger partial charge is 0.352 e. The van der Waals surface area contributed by atoms with Gasteiger partial charge in [-0.25, -0.2) is 13.2 Å². The van der Waals surface area contributed by atoms with Crippen molar-refractivity contribution in [1.29, 1.82) is 0 Å². The van der Waals surface area contributed by atoms with Crippen LogP contribution in [0.15, 0.2) is 82.6 Å². The van der Waals surface area contributed by atoms with Crippen molar-refractivity contribution < 1.29 is 28.1 Å². The molecule has 0 aliphatic heterocycles. The normalized spacial score (nSPS) is 12.8. The Balaban J connectivity index is 0.00000432. The first kappa shape index (κ1) is 29.3. The summed E-state index contributed by atoms with van der Waals surface area (Å²) in [7, 11) is -3.71. The molecule has 3 rings (SSSR count). The number of carbonyl (C=O) groups excluding carboxylic acids is 1. The quantitative estimate of drug-likeness (QED) is 0.235. The average molecular weight is 527 g/mol. The third-order valence-corrected chi connectivity index (χ3v) is 7.08. The number of sulfone groups is 1. The molecular weight excluding hydrogens is 501 g/mol. The van der Waals surface area contributed by atoms with Crippen LogP contribution in [0.2, 0.25) is 5.02 Å². The monoisotopic (exact) mass is 526 g/mol. The zero-order valence-corrected chi connectivity index (χ0v) is 23.3. The first-order valence-electron chi connectivity index (χ1n) is 10.6. The van der Waals surface area contributed by atoms with Gasteiger partial charge in [0, 0.05) is 54.1 Å². The zero-order chi connectivity index (χ0) is 24.7. The molecular formula is C25H26ClNNaO6S. The minimum Gasteiger partial charge on any atom is -0.387 e. The van der Waals surface area contributed by atoms with Crippen LogP contribution in [-0.2, 0) is 25.9 Å². The fourth-order valence-corrected chi connectivity index (χ4v) is 4.75. The molecule has 2 atom stereocenters. The van der Waals surface area contributed by atoms with Gasteiger partial charge in [-0.2, -0.15) is 0 Å². The van der Waals surface area contributed by atoms with Crippen LogP contribution in [0.3, 0.4) is 0 Å². The second kappa shape index (κ2) is 13.4. The largest absolute Gasteiger partial charge is 0.387 e. The maximum Gasteiger partial charge on any atom is 0.352 e. The van der Waals surface area contributed by atoms with E-state index < -0.39 is 21.9 Å². The van der Waals surface area contributed by atoms with Crippen molar-refractivity contribution in [2.45, 2.75) is 42.2 Å². The van der Waals surface area contributed by atoms with Crippen LogP contribution in [-0.4, -0.2) is 61.6 Å². The number of hydrogen-bond donors (Lipinski definition) is 2. The fraction of sp³-hybridized carbons (Fsp3) is 0.240. The molecule has 0 saturated carbocycles. The van der Waals surface area contributed by atoms with Crippen LogP contribution in [0.25, 0.3) is 0 Å². The molecule has 0 unspecified atom stereocenters. The summed E-state index contributed by atoms with van der Waals surface area (Å²) in [6.07, 6.45) is -0.0235. The van der Waals surface area contributed by atoms with Gasteiger partial charge in [0.25, 0.3) is 0 Å². The number of benzene rings is 3. The van der Waals surface area contributed by atoms with Gasteiger partial charge >= 0.3 is 5.97 Å². The summed E-state index contributed by atoms with van der Waals surface area (Å²) in [5.74, 6) is -0.398. The molecule has 0 aliphatic rings. The van der Waals surface area contributed by atoms with Gasteiger partial charge in [0.1, 0.15) is 0 Å². The summed E-state index contributed by atoms with van der Waals surface area (Å²) in [4.78, 5) is 20.3. The van der Waals surface area contributed by atoms with E-state index in [4.69, 9.17) is 16.5 Å². The van der Waals surface area contributed by atoms with E-state index in [0.29, 0.717) is 18.0 Å². The minimum atomic E-state index is -3.71. The third kappa shape index (κ3) is 8.61. The van der Waals surface area contributed by atoms with E-state index in [2.05, 4.69) is 10.2 Å². The van der Waals surface area contributed by atoms with Crippen molar-refractivity contribution in [3.8, 4) is 5.75 Å². The van der Waals surface area contributed by atoms with Gasteiger partial charge < -0.3 is 10.4 Å². The van der Waals surface area contributed by atoms with Crippen molar-refractivity contribution >= 4 is 57.0 Å². The number of halogens is 1. The van der Waals surface area contributed by atoms with Gasteiger partial charge in [0.2, 0.25) is 9.84 Å². The number of carbonyl (C=O) groups is 1. The van der Waals surface area contributed by atoms with Crippen LogP contribution in [0.5, 0.6) is 5.75 Å². The standard InChI is InChI=1S/C25H26ClNO6S.Na/c1-17(27-16-25(29)20-4-3-5-21(26)15-20)14-19-6-10-23(11-7-19)34(30,31)24-12-8-22(9-13-24)33-32-18(2)28;/h3-13,15,17,25,27,29H,14,16H2,1-2H3;/t17-,25+;/m1./s1. The predicted molar refractivity (Wildman–Crippen MR) is 134 cm³/mol. The van der Waals surface area contributed by atoms with E-state index >= 15 is 0 Å². The second-order valence-corrected chi connectivity index (χ2v) is 10.2. The zero-order valence-electron chi connectivity index (χ0n) is 19.8. The van der Waals surface area contributed by atoms with Crippen molar-refractivity contribution in [2.75, 3.05) is 6.54 Å². The molecule has 1 radical (unpaired) electrons. The van der Waals surface area contributed by atoms with Crippen LogP contribution in [0.1, 0.15) is 31.1 Å². The van der Waals surface area contributed by atoms with Crippen molar-refractivity contribution in [3.05, 3.63) is 88.9 Å². The summed E-state index contributed by atoms with van der Waals surface area (Å²) < 4.78 is 25.8. The van der Waals surface area contributed by atoms with Crippen LogP contribution in [0, 0.1) is 0 Å². The maximum absolute atomic E-state index is 12.9. The molecule has 35 heavy (non-hydrogen) atoms. The third-order valence-electron chi connectivity index (χ3n) is 5.06. The molecule has 3 aromatic carbocycles. The average Bonchev–Trinajstić information content (AvgIpc) is 2.82. The molecule has 3 aromatic rings. The summed E-state index contributed by atoms with van der Waals surface area (Å²) in [6, 6.07) is 19.5. The second-order valence-electron chi connectivity index (χ2n) is 7.86. The molecule has 0 fully saturated rings.